The zero-order chi connectivity index (χ0) is 10.3. The van der Waals surface area contributed by atoms with E-state index in [4.69, 9.17) is 5.11 Å². The van der Waals surface area contributed by atoms with Crippen LogP contribution in [0.15, 0.2) is 0 Å². The van der Waals surface area contributed by atoms with Crippen molar-refractivity contribution in [1.29, 1.82) is 0 Å². The van der Waals surface area contributed by atoms with Gasteiger partial charge >= 0.3 is 0 Å². The van der Waals surface area contributed by atoms with Crippen LogP contribution >= 0.6 is 0 Å². The Kier molecular flexibility index (Phi) is 6.59. The van der Waals surface area contributed by atoms with Gasteiger partial charge in [-0.2, -0.15) is 0 Å². The Morgan fingerprint density at radius 3 is 2.31 bits per heavy atom. The quantitative estimate of drug-likeness (QED) is 0.658. The molecule has 0 aromatic heterocycles. The highest BCUT2D eigenvalue weighted by molar-refractivity contribution is 5.78. The molecule has 0 rings (SSSR count). The summed E-state index contributed by atoms with van der Waals surface area (Å²) in [6.45, 7) is 6.33. The monoisotopic (exact) mass is 187 g/mol. The molecule has 0 aromatic carbocycles. The summed E-state index contributed by atoms with van der Waals surface area (Å²) in [6.07, 6.45) is 2.07. The highest BCUT2D eigenvalue weighted by Gasteiger charge is 2.12. The SMILES string of the molecule is CCC(CC)C(=O)NCCC(C)O. The van der Waals surface area contributed by atoms with Gasteiger partial charge in [-0.1, -0.05) is 13.8 Å². The van der Waals surface area contributed by atoms with E-state index in [1.54, 1.807) is 6.92 Å². The number of aliphatic hydroxyl groups excluding tert-OH is 1. The van der Waals surface area contributed by atoms with Gasteiger partial charge in [0.2, 0.25) is 5.91 Å². The summed E-state index contributed by atoms with van der Waals surface area (Å²) in [6, 6.07) is 0. The summed E-state index contributed by atoms with van der Waals surface area (Å²) in [5, 5.41) is 11.8. The number of nitrogens with one attached hydrogen (secondary N) is 1. The first-order chi connectivity index (χ1) is 6.11. The van der Waals surface area contributed by atoms with Crippen molar-refractivity contribution < 1.29 is 9.90 Å². The Hall–Kier alpha value is -0.570. The van der Waals surface area contributed by atoms with E-state index in [0.29, 0.717) is 13.0 Å². The molecule has 1 unspecified atom stereocenters. The van der Waals surface area contributed by atoms with E-state index in [-0.39, 0.29) is 17.9 Å². The second-order valence-electron chi connectivity index (χ2n) is 3.44. The van der Waals surface area contributed by atoms with E-state index in [1.165, 1.54) is 0 Å². The maximum Gasteiger partial charge on any atom is 0.223 e. The summed E-state index contributed by atoms with van der Waals surface area (Å²) in [4.78, 5) is 11.4. The van der Waals surface area contributed by atoms with E-state index >= 15 is 0 Å². The van der Waals surface area contributed by atoms with Gasteiger partial charge in [0, 0.05) is 12.5 Å². The minimum atomic E-state index is -0.331. The van der Waals surface area contributed by atoms with Crippen LogP contribution in [0.5, 0.6) is 0 Å². The standard InChI is InChI=1S/C10H21NO2/c1-4-9(5-2)10(13)11-7-6-8(3)12/h8-9,12H,4-7H2,1-3H3,(H,11,13). The molecule has 0 fully saturated rings. The van der Waals surface area contributed by atoms with Gasteiger partial charge in [0.25, 0.3) is 0 Å². The maximum absolute atomic E-state index is 11.4. The lowest BCUT2D eigenvalue weighted by Gasteiger charge is -2.13. The van der Waals surface area contributed by atoms with E-state index in [2.05, 4.69) is 5.32 Å². The van der Waals surface area contributed by atoms with Gasteiger partial charge in [-0.25, -0.2) is 0 Å². The Morgan fingerprint density at radius 2 is 1.92 bits per heavy atom. The van der Waals surface area contributed by atoms with Crippen molar-refractivity contribution in [3.05, 3.63) is 0 Å². The molecule has 1 atom stereocenters. The first-order valence-corrected chi connectivity index (χ1v) is 5.07. The molecule has 1 amide bonds. The minimum Gasteiger partial charge on any atom is -0.393 e. The average molecular weight is 187 g/mol. The summed E-state index contributed by atoms with van der Waals surface area (Å²) >= 11 is 0. The van der Waals surface area contributed by atoms with Crippen LogP contribution in [-0.2, 0) is 4.79 Å². The van der Waals surface area contributed by atoms with Crippen molar-refractivity contribution >= 4 is 5.91 Å². The molecule has 3 nitrogen and oxygen atoms in total. The third-order valence-corrected chi connectivity index (χ3v) is 2.22. The maximum atomic E-state index is 11.4. The third-order valence-electron chi connectivity index (χ3n) is 2.22. The zero-order valence-corrected chi connectivity index (χ0v) is 8.84. The topological polar surface area (TPSA) is 49.3 Å². The second kappa shape index (κ2) is 6.89. The van der Waals surface area contributed by atoms with Crippen molar-refractivity contribution in [3.8, 4) is 0 Å². The number of hydrogen-bond donors (Lipinski definition) is 2. The van der Waals surface area contributed by atoms with Crippen LogP contribution < -0.4 is 5.32 Å². The van der Waals surface area contributed by atoms with Crippen LogP contribution in [0.3, 0.4) is 0 Å². The summed E-state index contributed by atoms with van der Waals surface area (Å²) < 4.78 is 0. The molecule has 0 bridgehead atoms. The first-order valence-electron chi connectivity index (χ1n) is 5.07. The molecule has 0 spiro atoms. The van der Waals surface area contributed by atoms with E-state index in [1.807, 2.05) is 13.8 Å². The van der Waals surface area contributed by atoms with Crippen LogP contribution in [0, 0.1) is 5.92 Å². The van der Waals surface area contributed by atoms with Crippen LogP contribution in [0.25, 0.3) is 0 Å². The molecule has 0 heterocycles. The number of hydrogen-bond acceptors (Lipinski definition) is 2. The van der Waals surface area contributed by atoms with Gasteiger partial charge in [-0.15, -0.1) is 0 Å². The van der Waals surface area contributed by atoms with Crippen LogP contribution in [0.1, 0.15) is 40.0 Å². The highest BCUT2D eigenvalue weighted by atomic mass is 16.3. The molecule has 0 saturated carbocycles. The summed E-state index contributed by atoms with van der Waals surface area (Å²) in [5.74, 6) is 0.250. The second-order valence-corrected chi connectivity index (χ2v) is 3.44. The molecule has 2 N–H and O–H groups in total. The number of carbonyl (C=O) groups excluding carboxylic acids is 1. The van der Waals surface area contributed by atoms with Crippen molar-refractivity contribution in [3.63, 3.8) is 0 Å². The summed E-state index contributed by atoms with van der Waals surface area (Å²) in [5.41, 5.74) is 0. The average Bonchev–Trinajstić information content (AvgIpc) is 2.05. The molecule has 78 valence electrons. The van der Waals surface area contributed by atoms with Gasteiger partial charge in [0.15, 0.2) is 0 Å². The van der Waals surface area contributed by atoms with Crippen LogP contribution in [0.2, 0.25) is 0 Å². The van der Waals surface area contributed by atoms with E-state index < -0.39 is 0 Å². The lowest BCUT2D eigenvalue weighted by Crippen LogP contribution is -2.32. The Labute approximate surface area is 80.5 Å². The highest BCUT2D eigenvalue weighted by Crippen LogP contribution is 2.06. The molecule has 0 aliphatic heterocycles. The van der Waals surface area contributed by atoms with Gasteiger partial charge < -0.3 is 10.4 Å². The van der Waals surface area contributed by atoms with E-state index in [0.717, 1.165) is 12.8 Å². The fraction of sp³-hybridized carbons (Fsp3) is 0.900. The molecule has 13 heavy (non-hydrogen) atoms. The van der Waals surface area contributed by atoms with Crippen LogP contribution in [-0.4, -0.2) is 23.7 Å². The Balaban J connectivity index is 3.60. The minimum absolute atomic E-state index is 0.116. The molecule has 0 saturated heterocycles. The summed E-state index contributed by atoms with van der Waals surface area (Å²) in [7, 11) is 0. The fourth-order valence-corrected chi connectivity index (χ4v) is 1.21. The predicted octanol–water partition coefficient (Wildman–Crippen LogP) is 1.31. The molecule has 3 heteroatoms. The van der Waals surface area contributed by atoms with Gasteiger partial charge in [0.05, 0.1) is 6.10 Å². The molecule has 0 aliphatic rings. The number of aliphatic hydroxyl groups is 1. The molecular formula is C10H21NO2. The van der Waals surface area contributed by atoms with Crippen LogP contribution in [0.4, 0.5) is 0 Å². The van der Waals surface area contributed by atoms with Gasteiger partial charge in [0.1, 0.15) is 0 Å². The van der Waals surface area contributed by atoms with Crippen molar-refractivity contribution in [1.82, 2.24) is 5.32 Å². The molecule has 0 radical (unpaired) electrons. The largest absolute Gasteiger partial charge is 0.393 e. The van der Waals surface area contributed by atoms with Crippen molar-refractivity contribution in [2.75, 3.05) is 6.54 Å². The third kappa shape index (κ3) is 5.64. The van der Waals surface area contributed by atoms with Gasteiger partial charge in [-0.05, 0) is 26.2 Å². The lowest BCUT2D eigenvalue weighted by atomic mass is 10.0. The van der Waals surface area contributed by atoms with E-state index in [9.17, 15) is 4.79 Å². The van der Waals surface area contributed by atoms with Gasteiger partial charge in [-0.3, -0.25) is 4.79 Å². The Morgan fingerprint density at radius 1 is 1.38 bits per heavy atom. The normalized spacial score (nSPS) is 13.0. The fourth-order valence-electron chi connectivity index (χ4n) is 1.21. The zero-order valence-electron chi connectivity index (χ0n) is 8.84. The molecule has 0 aromatic rings. The van der Waals surface area contributed by atoms with Crippen molar-refractivity contribution in [2.45, 2.75) is 46.1 Å². The smallest absolute Gasteiger partial charge is 0.223 e. The molecular weight excluding hydrogens is 166 g/mol. The number of carbonyl (C=O) groups is 1. The van der Waals surface area contributed by atoms with Crippen molar-refractivity contribution in [2.24, 2.45) is 5.92 Å². The predicted molar refractivity (Wildman–Crippen MR) is 53.4 cm³/mol. The number of rotatable bonds is 6. The lowest BCUT2D eigenvalue weighted by molar-refractivity contribution is -0.125. The Bertz CT molecular complexity index is 142. The molecule has 0 aliphatic carbocycles. The first kappa shape index (κ1) is 12.4. The number of amides is 1.